The van der Waals surface area contributed by atoms with Gasteiger partial charge in [-0.3, -0.25) is 0 Å². The molecule has 5 unspecified atom stereocenters. The van der Waals surface area contributed by atoms with E-state index in [2.05, 4.69) is 20.8 Å². The van der Waals surface area contributed by atoms with Crippen molar-refractivity contribution in [2.75, 3.05) is 6.61 Å². The molecule has 2 saturated carbocycles. The highest BCUT2D eigenvalue weighted by Gasteiger charge is 2.49. The molecule has 0 aromatic heterocycles. The third-order valence-electron chi connectivity index (χ3n) is 5.92. The molecule has 2 aliphatic carbocycles. The maximum absolute atomic E-state index is 6.18. The Bertz CT molecular complexity index is 248. The predicted molar refractivity (Wildman–Crippen MR) is 82.3 cm³/mol. The van der Waals surface area contributed by atoms with E-state index in [9.17, 15) is 0 Å². The molecule has 1 nitrogen and oxygen atoms in total. The Morgan fingerprint density at radius 2 is 1.53 bits per heavy atom. The highest BCUT2D eigenvalue weighted by Crippen LogP contribution is 2.52. The zero-order valence-corrected chi connectivity index (χ0v) is 13.4. The van der Waals surface area contributed by atoms with Crippen molar-refractivity contribution in [3.05, 3.63) is 0 Å². The smallest absolute Gasteiger partial charge is 0.0608 e. The van der Waals surface area contributed by atoms with E-state index in [0.29, 0.717) is 6.10 Å². The summed E-state index contributed by atoms with van der Waals surface area (Å²) in [5, 5.41) is 0. The van der Waals surface area contributed by atoms with Gasteiger partial charge in [-0.2, -0.15) is 0 Å². The van der Waals surface area contributed by atoms with Crippen LogP contribution in [0.15, 0.2) is 0 Å². The van der Waals surface area contributed by atoms with Crippen LogP contribution in [0.2, 0.25) is 0 Å². The van der Waals surface area contributed by atoms with Gasteiger partial charge in [-0.25, -0.2) is 0 Å². The van der Waals surface area contributed by atoms with Gasteiger partial charge in [0, 0.05) is 6.61 Å². The fraction of sp³-hybridized carbons (Fsp3) is 1.00. The minimum Gasteiger partial charge on any atom is -0.378 e. The summed E-state index contributed by atoms with van der Waals surface area (Å²) >= 11 is 0. The second kappa shape index (κ2) is 7.67. The van der Waals surface area contributed by atoms with Crippen molar-refractivity contribution in [3.8, 4) is 0 Å². The first-order valence-corrected chi connectivity index (χ1v) is 8.85. The SMILES string of the molecule is CCCCCCCCCOC1CC2CC1C(C)C2C. The third-order valence-corrected chi connectivity index (χ3v) is 5.92. The normalized spacial score (nSPS) is 37.1. The summed E-state index contributed by atoms with van der Waals surface area (Å²) in [6.45, 7) is 8.19. The first-order valence-electron chi connectivity index (χ1n) is 8.85. The molecule has 2 aliphatic rings. The van der Waals surface area contributed by atoms with Crippen LogP contribution in [0.25, 0.3) is 0 Å². The Hall–Kier alpha value is -0.0400. The van der Waals surface area contributed by atoms with Gasteiger partial charge in [0.1, 0.15) is 0 Å². The molecule has 0 radical (unpaired) electrons. The van der Waals surface area contributed by atoms with Gasteiger partial charge >= 0.3 is 0 Å². The van der Waals surface area contributed by atoms with Gasteiger partial charge in [-0.15, -0.1) is 0 Å². The Kier molecular flexibility index (Phi) is 6.19. The zero-order valence-electron chi connectivity index (χ0n) is 13.4. The molecule has 5 atom stereocenters. The lowest BCUT2D eigenvalue weighted by atomic mass is 9.80. The molecular formula is C18H34O. The fourth-order valence-corrected chi connectivity index (χ4v) is 4.36. The van der Waals surface area contributed by atoms with Crippen molar-refractivity contribution >= 4 is 0 Å². The lowest BCUT2D eigenvalue weighted by Gasteiger charge is -2.31. The van der Waals surface area contributed by atoms with E-state index < -0.39 is 0 Å². The largest absolute Gasteiger partial charge is 0.378 e. The first kappa shape index (κ1) is 15.4. The van der Waals surface area contributed by atoms with Crippen molar-refractivity contribution in [2.24, 2.45) is 23.7 Å². The fourth-order valence-electron chi connectivity index (χ4n) is 4.36. The molecule has 0 aliphatic heterocycles. The summed E-state index contributed by atoms with van der Waals surface area (Å²) < 4.78 is 6.18. The summed E-state index contributed by atoms with van der Waals surface area (Å²) in [4.78, 5) is 0. The summed E-state index contributed by atoms with van der Waals surface area (Å²) in [7, 11) is 0. The zero-order chi connectivity index (χ0) is 13.7. The Labute approximate surface area is 120 Å². The molecule has 1 heteroatoms. The number of rotatable bonds is 9. The Morgan fingerprint density at radius 1 is 0.842 bits per heavy atom. The summed E-state index contributed by atoms with van der Waals surface area (Å²) in [5.41, 5.74) is 0. The second-order valence-corrected chi connectivity index (χ2v) is 7.14. The Morgan fingerprint density at radius 3 is 2.16 bits per heavy atom. The van der Waals surface area contributed by atoms with E-state index in [-0.39, 0.29) is 0 Å². The monoisotopic (exact) mass is 266 g/mol. The van der Waals surface area contributed by atoms with E-state index in [4.69, 9.17) is 4.74 Å². The van der Waals surface area contributed by atoms with Crippen LogP contribution in [0, 0.1) is 23.7 Å². The summed E-state index contributed by atoms with van der Waals surface area (Å²) in [6.07, 6.45) is 13.1. The van der Waals surface area contributed by atoms with Crippen molar-refractivity contribution in [3.63, 3.8) is 0 Å². The number of hydrogen-bond acceptors (Lipinski definition) is 1. The molecule has 2 fully saturated rings. The van der Waals surface area contributed by atoms with Crippen LogP contribution >= 0.6 is 0 Å². The topological polar surface area (TPSA) is 9.23 Å². The van der Waals surface area contributed by atoms with E-state index in [0.717, 1.165) is 30.3 Å². The maximum Gasteiger partial charge on any atom is 0.0608 e. The van der Waals surface area contributed by atoms with Gasteiger partial charge in [0.15, 0.2) is 0 Å². The van der Waals surface area contributed by atoms with Gasteiger partial charge in [-0.1, -0.05) is 59.3 Å². The minimum absolute atomic E-state index is 0.608. The van der Waals surface area contributed by atoms with Crippen LogP contribution in [0.5, 0.6) is 0 Å². The lowest BCUT2D eigenvalue weighted by molar-refractivity contribution is -0.0115. The molecule has 0 amide bonds. The third kappa shape index (κ3) is 3.97. The number of ether oxygens (including phenoxy) is 1. The molecule has 2 rings (SSSR count). The Balaban J connectivity index is 1.49. The van der Waals surface area contributed by atoms with Gasteiger partial charge in [0.25, 0.3) is 0 Å². The highest BCUT2D eigenvalue weighted by atomic mass is 16.5. The van der Waals surface area contributed by atoms with Gasteiger partial charge < -0.3 is 4.74 Å². The second-order valence-electron chi connectivity index (χ2n) is 7.14. The van der Waals surface area contributed by atoms with Crippen LogP contribution in [0.3, 0.4) is 0 Å². The molecular weight excluding hydrogens is 232 g/mol. The predicted octanol–water partition coefficient (Wildman–Crippen LogP) is 5.43. The highest BCUT2D eigenvalue weighted by molar-refractivity contribution is 4.98. The molecule has 0 aromatic carbocycles. The molecule has 0 N–H and O–H groups in total. The van der Waals surface area contributed by atoms with Gasteiger partial charge in [0.05, 0.1) is 6.10 Å². The van der Waals surface area contributed by atoms with E-state index in [1.807, 2.05) is 0 Å². The number of unbranched alkanes of at least 4 members (excludes halogenated alkanes) is 6. The van der Waals surface area contributed by atoms with Gasteiger partial charge in [0.2, 0.25) is 0 Å². The summed E-state index contributed by atoms with van der Waals surface area (Å²) in [5.74, 6) is 3.70. The van der Waals surface area contributed by atoms with E-state index >= 15 is 0 Å². The molecule has 0 saturated heterocycles. The van der Waals surface area contributed by atoms with Crippen molar-refractivity contribution in [2.45, 2.75) is 84.7 Å². The first-order chi connectivity index (χ1) is 9.24. The molecule has 0 aromatic rings. The van der Waals surface area contributed by atoms with Crippen molar-refractivity contribution < 1.29 is 4.74 Å². The van der Waals surface area contributed by atoms with E-state index in [1.54, 1.807) is 0 Å². The lowest BCUT2D eigenvalue weighted by Crippen LogP contribution is -2.30. The van der Waals surface area contributed by atoms with Crippen LogP contribution in [0.4, 0.5) is 0 Å². The van der Waals surface area contributed by atoms with Crippen LogP contribution < -0.4 is 0 Å². The molecule has 0 spiro atoms. The molecule has 0 heterocycles. The number of fused-ring (bicyclic) bond motifs is 2. The molecule has 112 valence electrons. The van der Waals surface area contributed by atoms with Crippen LogP contribution in [-0.4, -0.2) is 12.7 Å². The molecule has 19 heavy (non-hydrogen) atoms. The maximum atomic E-state index is 6.18. The minimum atomic E-state index is 0.608. The van der Waals surface area contributed by atoms with E-state index in [1.165, 1.54) is 57.8 Å². The van der Waals surface area contributed by atoms with Crippen LogP contribution in [0.1, 0.15) is 78.6 Å². The van der Waals surface area contributed by atoms with Gasteiger partial charge in [-0.05, 0) is 42.9 Å². The average Bonchev–Trinajstić information content (AvgIpc) is 2.94. The average molecular weight is 266 g/mol. The van der Waals surface area contributed by atoms with Crippen molar-refractivity contribution in [1.29, 1.82) is 0 Å². The quantitative estimate of drug-likeness (QED) is 0.505. The summed E-state index contributed by atoms with van der Waals surface area (Å²) in [6, 6.07) is 0. The van der Waals surface area contributed by atoms with Crippen LogP contribution in [-0.2, 0) is 4.74 Å². The molecule has 2 bridgehead atoms. The van der Waals surface area contributed by atoms with Crippen molar-refractivity contribution in [1.82, 2.24) is 0 Å². The number of hydrogen-bond donors (Lipinski definition) is 0. The standard InChI is InChI=1S/C18H34O/c1-4-5-6-7-8-9-10-11-19-18-13-16-12-17(18)15(3)14(16)2/h14-18H,4-13H2,1-3H3.